The molecule has 12 heavy (non-hydrogen) atoms. The SMILES string of the molecule is CCN(CCC#N)C1CCCC1. The second kappa shape index (κ2) is 5.16. The van der Waals surface area contributed by atoms with Crippen LogP contribution in [0, 0.1) is 11.3 Å². The molecule has 2 heteroatoms. The summed E-state index contributed by atoms with van der Waals surface area (Å²) in [7, 11) is 0. The Kier molecular flexibility index (Phi) is 4.10. The average Bonchev–Trinajstić information content (AvgIpc) is 2.59. The lowest BCUT2D eigenvalue weighted by Gasteiger charge is -2.26. The number of hydrogen-bond acceptors (Lipinski definition) is 2. The fraction of sp³-hybridized carbons (Fsp3) is 0.900. The molecule has 2 nitrogen and oxygen atoms in total. The van der Waals surface area contributed by atoms with Gasteiger partial charge in [0.2, 0.25) is 0 Å². The topological polar surface area (TPSA) is 27.0 Å². The predicted molar refractivity (Wildman–Crippen MR) is 49.7 cm³/mol. The van der Waals surface area contributed by atoms with Crippen molar-refractivity contribution in [1.82, 2.24) is 4.90 Å². The first-order chi connectivity index (χ1) is 5.88. The summed E-state index contributed by atoms with van der Waals surface area (Å²) in [5.41, 5.74) is 0. The molecule has 1 aliphatic rings. The standard InChI is InChI=1S/C10H18N2/c1-2-12(9-5-8-11)10-6-3-4-7-10/h10H,2-7,9H2,1H3. The van der Waals surface area contributed by atoms with Gasteiger partial charge in [-0.1, -0.05) is 19.8 Å². The largest absolute Gasteiger partial charge is 0.300 e. The van der Waals surface area contributed by atoms with Crippen LogP contribution in [0.15, 0.2) is 0 Å². The molecule has 1 aliphatic carbocycles. The lowest BCUT2D eigenvalue weighted by molar-refractivity contribution is 0.213. The van der Waals surface area contributed by atoms with Crippen LogP contribution in [0.25, 0.3) is 0 Å². The van der Waals surface area contributed by atoms with Gasteiger partial charge in [-0.25, -0.2) is 0 Å². The highest BCUT2D eigenvalue weighted by Gasteiger charge is 2.20. The molecular formula is C10H18N2. The second-order valence-electron chi connectivity index (χ2n) is 3.47. The predicted octanol–water partition coefficient (Wildman–Crippen LogP) is 2.16. The normalized spacial score (nSPS) is 18.4. The fourth-order valence-electron chi connectivity index (χ4n) is 2.06. The van der Waals surface area contributed by atoms with E-state index in [1.165, 1.54) is 25.7 Å². The minimum absolute atomic E-state index is 0.685. The summed E-state index contributed by atoms with van der Waals surface area (Å²) in [5.74, 6) is 0. The van der Waals surface area contributed by atoms with Crippen LogP contribution in [-0.4, -0.2) is 24.0 Å². The van der Waals surface area contributed by atoms with Crippen molar-refractivity contribution in [3.8, 4) is 6.07 Å². The summed E-state index contributed by atoms with van der Waals surface area (Å²) >= 11 is 0. The zero-order valence-electron chi connectivity index (χ0n) is 7.92. The third-order valence-electron chi connectivity index (χ3n) is 2.76. The maximum absolute atomic E-state index is 8.48. The number of rotatable bonds is 4. The zero-order chi connectivity index (χ0) is 8.81. The Balaban J connectivity index is 2.28. The van der Waals surface area contributed by atoms with Crippen molar-refractivity contribution < 1.29 is 0 Å². The summed E-state index contributed by atoms with van der Waals surface area (Å²) in [4.78, 5) is 2.45. The molecule has 0 N–H and O–H groups in total. The molecule has 1 fully saturated rings. The van der Waals surface area contributed by atoms with Gasteiger partial charge in [-0.15, -0.1) is 0 Å². The average molecular weight is 166 g/mol. The molecule has 68 valence electrons. The third kappa shape index (κ3) is 2.49. The molecular weight excluding hydrogens is 148 g/mol. The van der Waals surface area contributed by atoms with Gasteiger partial charge in [0.25, 0.3) is 0 Å². The smallest absolute Gasteiger partial charge is 0.0635 e. The van der Waals surface area contributed by atoms with Crippen molar-refractivity contribution in [1.29, 1.82) is 5.26 Å². The number of nitriles is 1. The Hall–Kier alpha value is -0.550. The van der Waals surface area contributed by atoms with E-state index >= 15 is 0 Å². The van der Waals surface area contributed by atoms with E-state index in [0.29, 0.717) is 6.42 Å². The van der Waals surface area contributed by atoms with Gasteiger partial charge >= 0.3 is 0 Å². The molecule has 0 spiro atoms. The van der Waals surface area contributed by atoms with E-state index in [2.05, 4.69) is 17.9 Å². The quantitative estimate of drug-likeness (QED) is 0.640. The first-order valence-electron chi connectivity index (χ1n) is 4.99. The van der Waals surface area contributed by atoms with E-state index in [4.69, 9.17) is 5.26 Å². The number of hydrogen-bond donors (Lipinski definition) is 0. The molecule has 0 aromatic rings. The molecule has 0 atom stereocenters. The maximum atomic E-state index is 8.48. The van der Waals surface area contributed by atoms with Gasteiger partial charge in [-0.3, -0.25) is 4.90 Å². The lowest BCUT2D eigenvalue weighted by Crippen LogP contribution is -2.33. The minimum Gasteiger partial charge on any atom is -0.300 e. The van der Waals surface area contributed by atoms with Gasteiger partial charge < -0.3 is 0 Å². The van der Waals surface area contributed by atoms with Crippen LogP contribution in [0.3, 0.4) is 0 Å². The van der Waals surface area contributed by atoms with Crippen LogP contribution in [0.2, 0.25) is 0 Å². The van der Waals surface area contributed by atoms with Crippen molar-refractivity contribution in [2.75, 3.05) is 13.1 Å². The van der Waals surface area contributed by atoms with Gasteiger partial charge in [0.05, 0.1) is 6.07 Å². The first kappa shape index (κ1) is 9.54. The van der Waals surface area contributed by atoms with E-state index in [0.717, 1.165) is 19.1 Å². The Morgan fingerprint density at radius 1 is 1.42 bits per heavy atom. The molecule has 1 saturated carbocycles. The molecule has 0 radical (unpaired) electrons. The summed E-state index contributed by atoms with van der Waals surface area (Å²) in [6.45, 7) is 4.26. The number of nitrogens with zero attached hydrogens (tertiary/aromatic N) is 2. The zero-order valence-corrected chi connectivity index (χ0v) is 7.92. The van der Waals surface area contributed by atoms with E-state index in [1.807, 2.05) is 0 Å². The summed E-state index contributed by atoms with van der Waals surface area (Å²) in [6.07, 6.45) is 6.14. The van der Waals surface area contributed by atoms with E-state index in [1.54, 1.807) is 0 Å². The maximum Gasteiger partial charge on any atom is 0.0635 e. The van der Waals surface area contributed by atoms with Crippen molar-refractivity contribution in [3.05, 3.63) is 0 Å². The minimum atomic E-state index is 0.685. The van der Waals surface area contributed by atoms with Gasteiger partial charge in [-0.05, 0) is 19.4 Å². The molecule has 0 unspecified atom stereocenters. The Labute approximate surface area is 75.2 Å². The van der Waals surface area contributed by atoms with Crippen LogP contribution in [0.5, 0.6) is 0 Å². The Bertz CT molecular complexity index is 154. The van der Waals surface area contributed by atoms with E-state index < -0.39 is 0 Å². The van der Waals surface area contributed by atoms with Crippen LogP contribution in [-0.2, 0) is 0 Å². The van der Waals surface area contributed by atoms with Crippen molar-refractivity contribution in [3.63, 3.8) is 0 Å². The van der Waals surface area contributed by atoms with Gasteiger partial charge in [0, 0.05) is 19.0 Å². The van der Waals surface area contributed by atoms with Crippen molar-refractivity contribution in [2.24, 2.45) is 0 Å². The molecule has 0 heterocycles. The first-order valence-corrected chi connectivity index (χ1v) is 4.99. The molecule has 0 aromatic carbocycles. The van der Waals surface area contributed by atoms with Crippen molar-refractivity contribution in [2.45, 2.75) is 45.1 Å². The Morgan fingerprint density at radius 3 is 2.58 bits per heavy atom. The molecule has 0 aromatic heterocycles. The highest BCUT2D eigenvalue weighted by atomic mass is 15.1. The lowest BCUT2D eigenvalue weighted by atomic mass is 10.2. The monoisotopic (exact) mass is 166 g/mol. The molecule has 0 aliphatic heterocycles. The van der Waals surface area contributed by atoms with Crippen LogP contribution >= 0.6 is 0 Å². The van der Waals surface area contributed by atoms with Gasteiger partial charge in [-0.2, -0.15) is 5.26 Å². The van der Waals surface area contributed by atoms with Crippen LogP contribution in [0.1, 0.15) is 39.0 Å². The third-order valence-corrected chi connectivity index (χ3v) is 2.76. The summed E-state index contributed by atoms with van der Waals surface area (Å²) < 4.78 is 0. The summed E-state index contributed by atoms with van der Waals surface area (Å²) in [5, 5.41) is 8.48. The highest BCUT2D eigenvalue weighted by Crippen LogP contribution is 2.23. The fourth-order valence-corrected chi connectivity index (χ4v) is 2.06. The van der Waals surface area contributed by atoms with E-state index in [9.17, 15) is 0 Å². The molecule has 0 saturated heterocycles. The van der Waals surface area contributed by atoms with Crippen LogP contribution in [0.4, 0.5) is 0 Å². The molecule has 0 bridgehead atoms. The van der Waals surface area contributed by atoms with Crippen LogP contribution < -0.4 is 0 Å². The van der Waals surface area contributed by atoms with Crippen molar-refractivity contribution >= 4 is 0 Å². The van der Waals surface area contributed by atoms with Gasteiger partial charge in [0.1, 0.15) is 0 Å². The molecule has 0 amide bonds. The van der Waals surface area contributed by atoms with Gasteiger partial charge in [0.15, 0.2) is 0 Å². The second-order valence-corrected chi connectivity index (χ2v) is 3.47. The Morgan fingerprint density at radius 2 is 2.08 bits per heavy atom. The summed E-state index contributed by atoms with van der Waals surface area (Å²) in [6, 6.07) is 3.00. The van der Waals surface area contributed by atoms with E-state index in [-0.39, 0.29) is 0 Å². The highest BCUT2D eigenvalue weighted by molar-refractivity contribution is 4.79. The molecule has 1 rings (SSSR count).